The topological polar surface area (TPSA) is 70.2 Å². The first-order valence-electron chi connectivity index (χ1n) is 9.24. The van der Waals surface area contributed by atoms with E-state index in [1.165, 1.54) is 12.1 Å². The summed E-state index contributed by atoms with van der Waals surface area (Å²) < 4.78 is 18.4. The van der Waals surface area contributed by atoms with Crippen molar-refractivity contribution in [2.75, 3.05) is 25.1 Å². The summed E-state index contributed by atoms with van der Waals surface area (Å²) in [6, 6.07) is 13.5. The second kappa shape index (κ2) is 8.13. The summed E-state index contributed by atoms with van der Waals surface area (Å²) >= 11 is 5.98. The Bertz CT molecular complexity index is 1020. The van der Waals surface area contributed by atoms with Crippen LogP contribution >= 0.6 is 11.6 Å². The molecule has 0 bridgehead atoms. The van der Waals surface area contributed by atoms with Gasteiger partial charge in [0.1, 0.15) is 11.6 Å². The van der Waals surface area contributed by atoms with Gasteiger partial charge in [-0.2, -0.15) is 5.10 Å². The number of rotatable bonds is 5. The largest absolute Gasteiger partial charge is 0.497 e. The summed E-state index contributed by atoms with van der Waals surface area (Å²) in [6.45, 7) is 1.41. The van der Waals surface area contributed by atoms with Gasteiger partial charge in [-0.15, -0.1) is 0 Å². The van der Waals surface area contributed by atoms with Gasteiger partial charge in [0.25, 0.3) is 5.91 Å². The highest BCUT2D eigenvalue weighted by Crippen LogP contribution is 2.26. The molecule has 2 aromatic carbocycles. The molecule has 1 aliphatic rings. The SMILES string of the molecule is COc1ccc(-c2cc(N3CC[C@@H](NC(=O)c4ccc(F)cc4Cl)C3)n[nH]2)cc1. The number of amides is 1. The lowest BCUT2D eigenvalue weighted by molar-refractivity contribution is 0.0940. The van der Waals surface area contributed by atoms with Crippen LogP contribution in [0.15, 0.2) is 48.5 Å². The predicted octanol–water partition coefficient (Wildman–Crippen LogP) is 3.89. The van der Waals surface area contributed by atoms with Crippen LogP contribution in [-0.2, 0) is 0 Å². The van der Waals surface area contributed by atoms with Gasteiger partial charge in [0.2, 0.25) is 0 Å². The van der Waals surface area contributed by atoms with E-state index >= 15 is 0 Å². The molecule has 29 heavy (non-hydrogen) atoms. The molecular formula is C21H20ClFN4O2. The van der Waals surface area contributed by atoms with Gasteiger partial charge in [-0.05, 0) is 54.4 Å². The number of hydrogen-bond donors (Lipinski definition) is 2. The number of carbonyl (C=O) groups excluding carboxylic acids is 1. The molecule has 1 aromatic heterocycles. The lowest BCUT2D eigenvalue weighted by Crippen LogP contribution is -2.37. The Morgan fingerprint density at radius 1 is 1.28 bits per heavy atom. The van der Waals surface area contributed by atoms with Crippen molar-refractivity contribution in [3.63, 3.8) is 0 Å². The molecule has 1 saturated heterocycles. The van der Waals surface area contributed by atoms with E-state index < -0.39 is 5.82 Å². The fourth-order valence-electron chi connectivity index (χ4n) is 3.41. The first kappa shape index (κ1) is 19.3. The Hall–Kier alpha value is -3.06. The van der Waals surface area contributed by atoms with Gasteiger partial charge < -0.3 is 15.0 Å². The Morgan fingerprint density at radius 2 is 2.07 bits per heavy atom. The molecule has 1 fully saturated rings. The Kier molecular flexibility index (Phi) is 5.40. The van der Waals surface area contributed by atoms with Crippen molar-refractivity contribution in [2.45, 2.75) is 12.5 Å². The quantitative estimate of drug-likeness (QED) is 0.664. The molecule has 8 heteroatoms. The molecule has 0 radical (unpaired) electrons. The average Bonchev–Trinajstić information content (AvgIpc) is 3.37. The lowest BCUT2D eigenvalue weighted by atomic mass is 10.1. The number of nitrogens with zero attached hydrogens (tertiary/aromatic N) is 2. The summed E-state index contributed by atoms with van der Waals surface area (Å²) in [7, 11) is 1.63. The number of halogens is 2. The number of H-pyrrole nitrogens is 1. The highest BCUT2D eigenvalue weighted by Gasteiger charge is 2.26. The number of anilines is 1. The predicted molar refractivity (Wildman–Crippen MR) is 110 cm³/mol. The van der Waals surface area contributed by atoms with E-state index in [1.54, 1.807) is 7.11 Å². The normalized spacial score (nSPS) is 16.1. The third-order valence-corrected chi connectivity index (χ3v) is 5.30. The van der Waals surface area contributed by atoms with Crippen LogP contribution in [0.1, 0.15) is 16.8 Å². The minimum atomic E-state index is -0.468. The van der Waals surface area contributed by atoms with Gasteiger partial charge in [-0.1, -0.05) is 11.6 Å². The van der Waals surface area contributed by atoms with Gasteiger partial charge >= 0.3 is 0 Å². The number of carbonyl (C=O) groups is 1. The van der Waals surface area contributed by atoms with Crippen molar-refractivity contribution >= 4 is 23.3 Å². The van der Waals surface area contributed by atoms with Gasteiger partial charge in [0, 0.05) is 25.2 Å². The number of aromatic nitrogens is 2. The molecule has 0 saturated carbocycles. The van der Waals surface area contributed by atoms with E-state index in [4.69, 9.17) is 16.3 Å². The molecule has 1 atom stereocenters. The molecule has 3 aromatic rings. The van der Waals surface area contributed by atoms with Crippen molar-refractivity contribution in [2.24, 2.45) is 0 Å². The number of aromatic amines is 1. The van der Waals surface area contributed by atoms with Gasteiger partial charge in [-0.25, -0.2) is 4.39 Å². The monoisotopic (exact) mass is 414 g/mol. The van der Waals surface area contributed by atoms with E-state index in [0.717, 1.165) is 41.9 Å². The van der Waals surface area contributed by atoms with Crippen LogP contribution in [0.25, 0.3) is 11.3 Å². The number of ether oxygens (including phenoxy) is 1. The second-order valence-electron chi connectivity index (χ2n) is 6.90. The Labute approximate surface area is 172 Å². The highest BCUT2D eigenvalue weighted by molar-refractivity contribution is 6.33. The highest BCUT2D eigenvalue weighted by atomic mass is 35.5. The van der Waals surface area contributed by atoms with Crippen LogP contribution in [-0.4, -0.2) is 42.3 Å². The molecule has 0 spiro atoms. The van der Waals surface area contributed by atoms with Crippen molar-refractivity contribution in [1.82, 2.24) is 15.5 Å². The lowest BCUT2D eigenvalue weighted by Gasteiger charge is -2.16. The zero-order valence-corrected chi connectivity index (χ0v) is 16.5. The molecule has 150 valence electrons. The minimum Gasteiger partial charge on any atom is -0.497 e. The zero-order valence-electron chi connectivity index (χ0n) is 15.8. The number of benzene rings is 2. The van der Waals surface area contributed by atoms with Crippen molar-refractivity contribution < 1.29 is 13.9 Å². The van der Waals surface area contributed by atoms with Crippen LogP contribution in [0.3, 0.4) is 0 Å². The van der Waals surface area contributed by atoms with Crippen LogP contribution in [0.2, 0.25) is 5.02 Å². The summed E-state index contributed by atoms with van der Waals surface area (Å²) in [5, 5.41) is 10.5. The molecule has 6 nitrogen and oxygen atoms in total. The maximum Gasteiger partial charge on any atom is 0.253 e. The molecule has 0 unspecified atom stereocenters. The van der Waals surface area contributed by atoms with Crippen LogP contribution in [0.5, 0.6) is 5.75 Å². The first-order valence-corrected chi connectivity index (χ1v) is 9.62. The Balaban J connectivity index is 1.39. The molecular weight excluding hydrogens is 395 g/mol. The zero-order chi connectivity index (χ0) is 20.4. The van der Waals surface area contributed by atoms with Crippen molar-refractivity contribution in [3.8, 4) is 17.0 Å². The van der Waals surface area contributed by atoms with E-state index in [0.29, 0.717) is 6.54 Å². The smallest absolute Gasteiger partial charge is 0.253 e. The van der Waals surface area contributed by atoms with Crippen LogP contribution in [0.4, 0.5) is 10.2 Å². The van der Waals surface area contributed by atoms with E-state index in [2.05, 4.69) is 20.4 Å². The third-order valence-electron chi connectivity index (χ3n) is 4.99. The van der Waals surface area contributed by atoms with E-state index in [9.17, 15) is 9.18 Å². The van der Waals surface area contributed by atoms with Crippen molar-refractivity contribution in [1.29, 1.82) is 0 Å². The summed E-state index contributed by atoms with van der Waals surface area (Å²) in [5.74, 6) is 0.854. The van der Waals surface area contributed by atoms with Crippen LogP contribution in [0, 0.1) is 5.82 Å². The van der Waals surface area contributed by atoms with E-state index in [1.807, 2.05) is 30.3 Å². The number of nitrogens with one attached hydrogen (secondary N) is 2. The summed E-state index contributed by atoms with van der Waals surface area (Å²) in [5.41, 5.74) is 2.20. The fraction of sp³-hybridized carbons (Fsp3) is 0.238. The number of methoxy groups -OCH3 is 1. The Morgan fingerprint density at radius 3 is 2.79 bits per heavy atom. The van der Waals surface area contributed by atoms with Crippen LogP contribution < -0.4 is 15.0 Å². The molecule has 4 rings (SSSR count). The second-order valence-corrected chi connectivity index (χ2v) is 7.30. The summed E-state index contributed by atoms with van der Waals surface area (Å²) in [4.78, 5) is 14.6. The van der Waals surface area contributed by atoms with E-state index in [-0.39, 0.29) is 22.5 Å². The van der Waals surface area contributed by atoms with Gasteiger partial charge in [0.15, 0.2) is 5.82 Å². The average molecular weight is 415 g/mol. The molecule has 2 N–H and O–H groups in total. The third kappa shape index (κ3) is 4.19. The summed E-state index contributed by atoms with van der Waals surface area (Å²) in [6.07, 6.45) is 0.787. The maximum atomic E-state index is 13.2. The fourth-order valence-corrected chi connectivity index (χ4v) is 3.67. The number of hydrogen-bond acceptors (Lipinski definition) is 4. The minimum absolute atomic E-state index is 0.0373. The van der Waals surface area contributed by atoms with Crippen molar-refractivity contribution in [3.05, 3.63) is 64.9 Å². The molecule has 0 aliphatic carbocycles. The molecule has 1 amide bonds. The maximum absolute atomic E-state index is 13.2. The molecule has 2 heterocycles. The first-order chi connectivity index (χ1) is 14.0. The van der Waals surface area contributed by atoms with Gasteiger partial charge in [0.05, 0.1) is 23.4 Å². The van der Waals surface area contributed by atoms with Gasteiger partial charge in [-0.3, -0.25) is 9.89 Å². The standard InChI is InChI=1S/C21H20ClFN4O2/c1-29-16-5-2-13(3-6-16)19-11-20(26-25-19)27-9-8-15(12-27)24-21(28)17-7-4-14(23)10-18(17)22/h2-7,10-11,15H,8-9,12H2,1H3,(H,24,28)(H,25,26)/t15-/m1/s1. The molecule has 1 aliphatic heterocycles.